The van der Waals surface area contributed by atoms with Gasteiger partial charge < -0.3 is 25.2 Å². The highest BCUT2D eigenvalue weighted by Crippen LogP contribution is 2.35. The van der Waals surface area contributed by atoms with E-state index in [-0.39, 0.29) is 36.4 Å². The van der Waals surface area contributed by atoms with Gasteiger partial charge in [-0.05, 0) is 38.0 Å². The number of hydrogen-bond acceptors (Lipinski definition) is 8. The number of pyridine rings is 1. The van der Waals surface area contributed by atoms with Crippen molar-refractivity contribution < 1.29 is 41.3 Å². The van der Waals surface area contributed by atoms with E-state index in [1.54, 1.807) is 0 Å². The average Bonchev–Trinajstić information content (AvgIpc) is 2.89. The number of nitrogens with zero attached hydrogens (tertiary/aromatic N) is 4. The summed E-state index contributed by atoms with van der Waals surface area (Å²) in [7, 11) is 0. The summed E-state index contributed by atoms with van der Waals surface area (Å²) in [4.78, 5) is 25.4. The van der Waals surface area contributed by atoms with Gasteiger partial charge in [0.2, 0.25) is 17.6 Å². The first kappa shape index (κ1) is 28.0. The molecule has 1 amide bonds. The number of rotatable bonds is 6. The number of halogens is 5. The number of anilines is 1. The Labute approximate surface area is 219 Å². The number of carbonyl (C=O) groups excluding carboxylic acids is 1. The van der Waals surface area contributed by atoms with E-state index in [0.717, 1.165) is 30.3 Å². The van der Waals surface area contributed by atoms with Crippen molar-refractivity contribution >= 4 is 12.0 Å². The number of likely N-dealkylation sites (tertiary alicyclic amines) is 1. The van der Waals surface area contributed by atoms with E-state index in [2.05, 4.69) is 15.0 Å². The van der Waals surface area contributed by atoms with Gasteiger partial charge in [0.15, 0.2) is 11.6 Å². The summed E-state index contributed by atoms with van der Waals surface area (Å²) >= 11 is 0. The third kappa shape index (κ3) is 6.50. The largest absolute Gasteiger partial charge is 0.474 e. The lowest BCUT2D eigenvalue weighted by molar-refractivity contribution is -0.141. The number of alkyl halides is 3. The molecule has 0 saturated carbocycles. The zero-order valence-corrected chi connectivity index (χ0v) is 20.6. The maximum Gasteiger partial charge on any atom is 0.433 e. The second kappa shape index (κ2) is 11.0. The number of piperidine rings is 1. The molecule has 1 fully saturated rings. The van der Waals surface area contributed by atoms with Crippen LogP contribution >= 0.6 is 0 Å². The third-order valence-electron chi connectivity index (χ3n) is 6.18. The van der Waals surface area contributed by atoms with E-state index in [1.165, 1.54) is 24.1 Å². The maximum absolute atomic E-state index is 13.8. The molecule has 39 heavy (non-hydrogen) atoms. The number of ether oxygens (including phenoxy) is 2. The molecule has 3 aromatic rings. The summed E-state index contributed by atoms with van der Waals surface area (Å²) in [6, 6.07) is 6.25. The predicted octanol–water partition coefficient (Wildman–Crippen LogP) is 4.42. The van der Waals surface area contributed by atoms with Gasteiger partial charge in [0.25, 0.3) is 0 Å². The first-order valence-electron chi connectivity index (χ1n) is 11.8. The molecule has 1 atom stereocenters. The number of nitrogens with two attached hydrogens (primary N) is 1. The van der Waals surface area contributed by atoms with E-state index in [1.807, 2.05) is 0 Å². The SMILES string of the molecule is CC(O)(COc1cccc(C(F)(F)F)n1)c1cnc(N)nc1C1CCN(C(=O)Oc2c(F)cccc2F)CC1. The van der Waals surface area contributed by atoms with E-state index in [0.29, 0.717) is 18.5 Å². The van der Waals surface area contributed by atoms with Crippen molar-refractivity contribution in [2.45, 2.75) is 37.5 Å². The Kier molecular flexibility index (Phi) is 7.86. The topological polar surface area (TPSA) is 124 Å². The van der Waals surface area contributed by atoms with Gasteiger partial charge in [0, 0.05) is 36.8 Å². The van der Waals surface area contributed by atoms with Crippen LogP contribution in [-0.2, 0) is 11.8 Å². The first-order chi connectivity index (χ1) is 18.3. The van der Waals surface area contributed by atoms with Crippen LogP contribution in [0.1, 0.15) is 42.6 Å². The maximum atomic E-state index is 13.8. The second-order valence-corrected chi connectivity index (χ2v) is 9.13. The smallest absolute Gasteiger partial charge is 0.433 e. The summed E-state index contributed by atoms with van der Waals surface area (Å²) in [5.74, 6) is -3.52. The van der Waals surface area contributed by atoms with Crippen LogP contribution in [0.25, 0.3) is 0 Å². The Balaban J connectivity index is 1.45. The normalized spacial score (nSPS) is 16.0. The predicted molar refractivity (Wildman–Crippen MR) is 127 cm³/mol. The zero-order valence-electron chi connectivity index (χ0n) is 20.6. The van der Waals surface area contributed by atoms with Crippen molar-refractivity contribution in [3.63, 3.8) is 0 Å². The molecular formula is C25H24F5N5O4. The van der Waals surface area contributed by atoms with Crippen molar-refractivity contribution in [2.24, 2.45) is 0 Å². The molecule has 0 spiro atoms. The van der Waals surface area contributed by atoms with Crippen LogP contribution < -0.4 is 15.2 Å². The molecule has 208 valence electrons. The van der Waals surface area contributed by atoms with Crippen molar-refractivity contribution in [1.29, 1.82) is 0 Å². The van der Waals surface area contributed by atoms with Crippen LogP contribution in [0.15, 0.2) is 42.6 Å². The molecule has 1 unspecified atom stereocenters. The zero-order chi connectivity index (χ0) is 28.4. The summed E-state index contributed by atoms with van der Waals surface area (Å²) in [6.07, 6.45) is -3.60. The van der Waals surface area contributed by atoms with Crippen LogP contribution in [0.2, 0.25) is 0 Å². The van der Waals surface area contributed by atoms with Gasteiger partial charge in [-0.25, -0.2) is 28.5 Å². The third-order valence-corrected chi connectivity index (χ3v) is 6.18. The minimum absolute atomic E-state index is 0.0677. The number of carbonyl (C=O) groups is 1. The molecule has 0 aliphatic carbocycles. The molecular weight excluding hydrogens is 529 g/mol. The number of hydrogen-bond donors (Lipinski definition) is 2. The van der Waals surface area contributed by atoms with Crippen molar-refractivity contribution in [3.05, 3.63) is 71.2 Å². The fraction of sp³-hybridized carbons (Fsp3) is 0.360. The summed E-state index contributed by atoms with van der Waals surface area (Å²) < 4.78 is 76.9. The molecule has 14 heteroatoms. The van der Waals surface area contributed by atoms with Crippen molar-refractivity contribution in [2.75, 3.05) is 25.4 Å². The van der Waals surface area contributed by atoms with Crippen LogP contribution in [0.4, 0.5) is 32.7 Å². The number of aliphatic hydroxyl groups is 1. The fourth-order valence-electron chi connectivity index (χ4n) is 4.15. The van der Waals surface area contributed by atoms with Gasteiger partial charge in [0.1, 0.15) is 17.9 Å². The minimum Gasteiger partial charge on any atom is -0.474 e. The number of benzene rings is 1. The molecule has 9 nitrogen and oxygen atoms in total. The van der Waals surface area contributed by atoms with E-state index in [9.17, 15) is 31.9 Å². The molecule has 1 aliphatic heterocycles. The molecule has 1 saturated heterocycles. The highest BCUT2D eigenvalue weighted by atomic mass is 19.4. The van der Waals surface area contributed by atoms with E-state index >= 15 is 0 Å². The minimum atomic E-state index is -4.66. The van der Waals surface area contributed by atoms with E-state index < -0.39 is 47.6 Å². The lowest BCUT2D eigenvalue weighted by Gasteiger charge is -2.33. The Hall–Kier alpha value is -4.07. The van der Waals surface area contributed by atoms with Gasteiger partial charge in [0.05, 0.1) is 5.69 Å². The molecule has 3 N–H and O–H groups in total. The Morgan fingerprint density at radius 3 is 2.38 bits per heavy atom. The molecule has 3 heterocycles. The van der Waals surface area contributed by atoms with Gasteiger partial charge in [-0.15, -0.1) is 0 Å². The quantitative estimate of drug-likeness (QED) is 0.430. The average molecular weight is 553 g/mol. The Morgan fingerprint density at radius 2 is 1.74 bits per heavy atom. The summed E-state index contributed by atoms with van der Waals surface area (Å²) in [5.41, 5.74) is 3.50. The second-order valence-electron chi connectivity index (χ2n) is 9.13. The van der Waals surface area contributed by atoms with Crippen LogP contribution in [0.5, 0.6) is 11.6 Å². The molecule has 1 aromatic carbocycles. The highest BCUT2D eigenvalue weighted by Gasteiger charge is 2.36. The number of aromatic nitrogens is 3. The van der Waals surface area contributed by atoms with Crippen molar-refractivity contribution in [1.82, 2.24) is 19.9 Å². The van der Waals surface area contributed by atoms with Gasteiger partial charge in [-0.3, -0.25) is 0 Å². The van der Waals surface area contributed by atoms with Gasteiger partial charge in [-0.1, -0.05) is 12.1 Å². The lowest BCUT2D eigenvalue weighted by atomic mass is 9.86. The summed E-state index contributed by atoms with van der Waals surface area (Å²) in [5, 5.41) is 11.2. The first-order valence-corrected chi connectivity index (χ1v) is 11.8. The highest BCUT2D eigenvalue weighted by molar-refractivity contribution is 5.71. The molecule has 2 aromatic heterocycles. The van der Waals surface area contributed by atoms with Gasteiger partial charge in [-0.2, -0.15) is 13.2 Å². The lowest BCUT2D eigenvalue weighted by Crippen LogP contribution is -2.41. The molecule has 0 bridgehead atoms. The number of nitrogen functional groups attached to an aromatic ring is 1. The Bertz CT molecular complexity index is 1330. The number of amides is 1. The van der Waals surface area contributed by atoms with E-state index in [4.69, 9.17) is 15.2 Å². The molecule has 0 radical (unpaired) electrons. The molecule has 1 aliphatic rings. The number of para-hydroxylation sites is 1. The monoisotopic (exact) mass is 553 g/mol. The Morgan fingerprint density at radius 1 is 1.10 bits per heavy atom. The van der Waals surface area contributed by atoms with Crippen LogP contribution in [-0.4, -0.2) is 50.7 Å². The van der Waals surface area contributed by atoms with Crippen LogP contribution in [0, 0.1) is 11.6 Å². The molecule has 4 rings (SSSR count). The standard InChI is InChI=1S/C25H24F5N5O4/c1-24(37,13-38-19-7-3-6-18(33-19)25(28,29)30)15-12-32-22(31)34-20(15)14-8-10-35(11-9-14)23(36)39-21-16(26)4-2-5-17(21)27/h2-7,12,14,37H,8-11,13H2,1H3,(H2,31,32,34). The van der Waals surface area contributed by atoms with Crippen LogP contribution in [0.3, 0.4) is 0 Å². The van der Waals surface area contributed by atoms with Gasteiger partial charge >= 0.3 is 12.3 Å². The summed E-state index contributed by atoms with van der Waals surface area (Å²) in [6.45, 7) is 1.21. The fourth-order valence-corrected chi connectivity index (χ4v) is 4.15. The van der Waals surface area contributed by atoms with Crippen molar-refractivity contribution in [3.8, 4) is 11.6 Å².